The average molecular weight is 275 g/mol. The first kappa shape index (κ1) is 13.6. The van der Waals surface area contributed by atoms with E-state index in [0.29, 0.717) is 11.3 Å². The second kappa shape index (κ2) is 5.89. The summed E-state index contributed by atoms with van der Waals surface area (Å²) in [6.07, 6.45) is 0. The van der Waals surface area contributed by atoms with E-state index in [9.17, 15) is 4.79 Å². The third-order valence-electron chi connectivity index (χ3n) is 2.99. The number of hydrogen-bond donors (Lipinski definition) is 0. The summed E-state index contributed by atoms with van der Waals surface area (Å²) in [5.74, 6) is 0.645. The number of carbonyl (C=O) groups excluding carboxylic acids is 1. The van der Waals surface area contributed by atoms with Crippen LogP contribution in [-0.4, -0.2) is 19.9 Å². The van der Waals surface area contributed by atoms with E-state index in [-0.39, 0.29) is 5.78 Å². The molecule has 0 aliphatic carbocycles. The van der Waals surface area contributed by atoms with Gasteiger partial charge in [-0.3, -0.25) is 4.79 Å². The van der Waals surface area contributed by atoms with Gasteiger partial charge >= 0.3 is 0 Å². The number of anilines is 1. The average Bonchev–Trinajstić information content (AvgIpc) is 2.90. The molecule has 2 aromatic rings. The van der Waals surface area contributed by atoms with Crippen LogP contribution in [0.5, 0.6) is 5.75 Å². The third-order valence-corrected chi connectivity index (χ3v) is 3.72. The van der Waals surface area contributed by atoms with Crippen LogP contribution in [0.3, 0.4) is 0 Å². The molecule has 4 heteroatoms. The van der Waals surface area contributed by atoms with Crippen molar-refractivity contribution in [1.82, 2.24) is 0 Å². The van der Waals surface area contributed by atoms with Crippen molar-refractivity contribution < 1.29 is 9.53 Å². The van der Waals surface area contributed by atoms with Crippen molar-refractivity contribution in [3.63, 3.8) is 0 Å². The number of Topliss-reactive ketones (excluding diaryl/α,β-unsaturated/α-hetero) is 1. The highest BCUT2D eigenvalue weighted by Crippen LogP contribution is 2.30. The summed E-state index contributed by atoms with van der Waals surface area (Å²) in [6.45, 7) is 2.34. The smallest absolute Gasteiger partial charge is 0.165 e. The number of hydrogen-bond acceptors (Lipinski definition) is 4. The van der Waals surface area contributed by atoms with Crippen molar-refractivity contribution in [2.24, 2.45) is 0 Å². The molecule has 1 heterocycles. The first-order chi connectivity index (χ1) is 9.13. The Morgan fingerprint density at radius 2 is 2.16 bits per heavy atom. The molecule has 100 valence electrons. The molecule has 1 aromatic heterocycles. The van der Waals surface area contributed by atoms with Crippen LogP contribution in [-0.2, 0) is 6.54 Å². The Balaban J connectivity index is 2.35. The van der Waals surface area contributed by atoms with E-state index in [2.05, 4.69) is 21.7 Å². The summed E-state index contributed by atoms with van der Waals surface area (Å²) in [5, 5.41) is 4.17. The summed E-state index contributed by atoms with van der Waals surface area (Å²) in [7, 11) is 3.57. The second-order valence-corrected chi connectivity index (χ2v) is 5.18. The van der Waals surface area contributed by atoms with Crippen molar-refractivity contribution in [2.45, 2.75) is 13.5 Å². The van der Waals surface area contributed by atoms with Gasteiger partial charge in [0.1, 0.15) is 5.75 Å². The van der Waals surface area contributed by atoms with Crippen molar-refractivity contribution in [2.75, 3.05) is 19.1 Å². The molecule has 0 atom stereocenters. The Bertz CT molecular complexity index is 564. The van der Waals surface area contributed by atoms with E-state index in [0.717, 1.165) is 12.2 Å². The summed E-state index contributed by atoms with van der Waals surface area (Å²) in [5.41, 5.74) is 2.78. The van der Waals surface area contributed by atoms with Crippen molar-refractivity contribution in [3.8, 4) is 5.75 Å². The van der Waals surface area contributed by atoms with E-state index in [4.69, 9.17) is 4.74 Å². The topological polar surface area (TPSA) is 29.5 Å². The Kier molecular flexibility index (Phi) is 4.22. The molecule has 0 N–H and O–H groups in total. The molecule has 1 aromatic carbocycles. The molecule has 19 heavy (non-hydrogen) atoms. The summed E-state index contributed by atoms with van der Waals surface area (Å²) in [6, 6.07) is 7.77. The van der Waals surface area contributed by atoms with Crippen molar-refractivity contribution in [1.29, 1.82) is 0 Å². The number of benzene rings is 1. The molecule has 0 aliphatic rings. The summed E-state index contributed by atoms with van der Waals surface area (Å²) in [4.78, 5) is 13.9. The molecular weight excluding hydrogens is 258 g/mol. The maximum absolute atomic E-state index is 11.8. The molecule has 0 aliphatic heterocycles. The van der Waals surface area contributed by atoms with Crippen LogP contribution < -0.4 is 9.64 Å². The number of nitrogens with zero attached hydrogens (tertiary/aromatic N) is 1. The number of thiophene rings is 1. The van der Waals surface area contributed by atoms with Crippen LogP contribution in [0.1, 0.15) is 22.8 Å². The number of ether oxygens (including phenoxy) is 1. The van der Waals surface area contributed by atoms with Crippen LogP contribution in [0.4, 0.5) is 5.69 Å². The monoisotopic (exact) mass is 275 g/mol. The van der Waals surface area contributed by atoms with E-state index in [1.54, 1.807) is 25.4 Å². The lowest BCUT2D eigenvalue weighted by atomic mass is 10.1. The molecule has 0 amide bonds. The Labute approximate surface area is 117 Å². The molecule has 0 saturated heterocycles. The first-order valence-electron chi connectivity index (χ1n) is 6.03. The zero-order valence-corrected chi connectivity index (χ0v) is 12.2. The normalized spacial score (nSPS) is 10.3. The Morgan fingerprint density at radius 1 is 1.37 bits per heavy atom. The van der Waals surface area contributed by atoms with Gasteiger partial charge in [0.2, 0.25) is 0 Å². The second-order valence-electron chi connectivity index (χ2n) is 4.40. The molecule has 0 spiro atoms. The number of carbonyl (C=O) groups is 1. The van der Waals surface area contributed by atoms with Crippen LogP contribution in [0.2, 0.25) is 0 Å². The van der Waals surface area contributed by atoms with Gasteiger partial charge in [-0.15, -0.1) is 0 Å². The number of methoxy groups -OCH3 is 1. The minimum absolute atomic E-state index is 0.0182. The van der Waals surface area contributed by atoms with Crippen LogP contribution in [0.15, 0.2) is 35.0 Å². The highest BCUT2D eigenvalue weighted by atomic mass is 32.1. The van der Waals surface area contributed by atoms with Crippen LogP contribution in [0, 0.1) is 0 Å². The van der Waals surface area contributed by atoms with Gasteiger partial charge in [0.25, 0.3) is 0 Å². The van der Waals surface area contributed by atoms with E-state index >= 15 is 0 Å². The zero-order valence-electron chi connectivity index (χ0n) is 11.3. The molecule has 0 fully saturated rings. The quantitative estimate of drug-likeness (QED) is 0.781. The first-order valence-corrected chi connectivity index (χ1v) is 6.98. The maximum atomic E-state index is 11.8. The lowest BCUT2D eigenvalue weighted by molar-refractivity contribution is 0.101. The molecule has 2 rings (SSSR count). The standard InChI is InChI=1S/C15H17NO2S/c1-11(17)15-13(5-4-6-14(15)18-3)16(2)9-12-7-8-19-10-12/h4-8,10H,9H2,1-3H3. The Hall–Kier alpha value is -1.81. The zero-order chi connectivity index (χ0) is 13.8. The summed E-state index contributed by atoms with van der Waals surface area (Å²) < 4.78 is 5.29. The summed E-state index contributed by atoms with van der Waals surface area (Å²) >= 11 is 1.68. The lowest BCUT2D eigenvalue weighted by Crippen LogP contribution is -2.19. The van der Waals surface area contributed by atoms with Gasteiger partial charge in [-0.1, -0.05) is 6.07 Å². The largest absolute Gasteiger partial charge is 0.496 e. The number of rotatable bonds is 5. The predicted octanol–water partition coefficient (Wildman–Crippen LogP) is 3.60. The van der Waals surface area contributed by atoms with Gasteiger partial charge in [-0.05, 0) is 41.4 Å². The predicted molar refractivity (Wildman–Crippen MR) is 79.4 cm³/mol. The molecule has 0 radical (unpaired) electrons. The van der Waals surface area contributed by atoms with Crippen molar-refractivity contribution in [3.05, 3.63) is 46.2 Å². The fourth-order valence-electron chi connectivity index (χ4n) is 2.10. The highest BCUT2D eigenvalue weighted by Gasteiger charge is 2.16. The molecule has 0 unspecified atom stereocenters. The van der Waals surface area contributed by atoms with Crippen LogP contribution >= 0.6 is 11.3 Å². The minimum atomic E-state index is 0.0182. The fourth-order valence-corrected chi connectivity index (χ4v) is 2.76. The SMILES string of the molecule is COc1cccc(N(C)Cc2ccsc2)c1C(C)=O. The lowest BCUT2D eigenvalue weighted by Gasteiger charge is -2.22. The van der Waals surface area contributed by atoms with Gasteiger partial charge < -0.3 is 9.64 Å². The molecular formula is C15H17NO2S. The Morgan fingerprint density at radius 3 is 2.74 bits per heavy atom. The highest BCUT2D eigenvalue weighted by molar-refractivity contribution is 7.07. The third kappa shape index (κ3) is 2.96. The minimum Gasteiger partial charge on any atom is -0.496 e. The van der Waals surface area contributed by atoms with Crippen molar-refractivity contribution >= 4 is 22.8 Å². The van der Waals surface area contributed by atoms with Gasteiger partial charge in [-0.25, -0.2) is 0 Å². The van der Waals surface area contributed by atoms with Gasteiger partial charge in [0.15, 0.2) is 5.78 Å². The molecule has 0 saturated carbocycles. The van der Waals surface area contributed by atoms with Crippen LogP contribution in [0.25, 0.3) is 0 Å². The molecule has 3 nitrogen and oxygen atoms in total. The number of ketones is 1. The molecule has 0 bridgehead atoms. The van der Waals surface area contributed by atoms with Gasteiger partial charge in [0.05, 0.1) is 18.4 Å². The van der Waals surface area contributed by atoms with E-state index < -0.39 is 0 Å². The van der Waals surface area contributed by atoms with Gasteiger partial charge in [0, 0.05) is 13.6 Å². The fraction of sp³-hybridized carbons (Fsp3) is 0.267. The van der Waals surface area contributed by atoms with Gasteiger partial charge in [-0.2, -0.15) is 11.3 Å². The van der Waals surface area contributed by atoms with E-state index in [1.165, 1.54) is 5.56 Å². The maximum Gasteiger partial charge on any atom is 0.165 e. The van der Waals surface area contributed by atoms with E-state index in [1.807, 2.05) is 25.2 Å².